The molecule has 194 valence electrons. The van der Waals surface area contributed by atoms with Crippen molar-refractivity contribution in [3.63, 3.8) is 0 Å². The number of amides is 2. The van der Waals surface area contributed by atoms with E-state index in [1.54, 1.807) is 25.4 Å². The first-order chi connectivity index (χ1) is 17.8. The molecule has 0 aliphatic carbocycles. The first kappa shape index (κ1) is 25.1. The minimum absolute atomic E-state index is 0.00495. The lowest BCUT2D eigenvalue weighted by Crippen LogP contribution is -2.59. The molecule has 0 radical (unpaired) electrons. The van der Waals surface area contributed by atoms with Crippen LogP contribution >= 0.6 is 0 Å². The standard InChI is InChI=1S/C28H31FN4O4/c1-3-32-17-28(37-16-25(32)34)8-10-33(11-9-28)26(27(30)35)22-7-6-18(13-23(22)29)19-4-5-20-12-21(36-2)15-31-24(20)14-19/h4-7,12-15,26H,3,8-11,16-17H2,1-2H3,(H2,30,35). The Bertz CT molecular complexity index is 1340. The van der Waals surface area contributed by atoms with Gasteiger partial charge in [-0.05, 0) is 49.1 Å². The third kappa shape index (κ3) is 4.89. The molecule has 3 aromatic rings. The Labute approximate surface area is 215 Å². The fraction of sp³-hybridized carbons (Fsp3) is 0.393. The number of benzene rings is 2. The van der Waals surface area contributed by atoms with E-state index in [1.165, 1.54) is 6.07 Å². The van der Waals surface area contributed by atoms with Crippen LogP contribution in [0.5, 0.6) is 5.75 Å². The van der Waals surface area contributed by atoms with Gasteiger partial charge >= 0.3 is 0 Å². The van der Waals surface area contributed by atoms with Crippen LogP contribution in [-0.2, 0) is 14.3 Å². The number of pyridine rings is 1. The van der Waals surface area contributed by atoms with Crippen molar-refractivity contribution >= 4 is 22.7 Å². The quantitative estimate of drug-likeness (QED) is 0.551. The molecule has 37 heavy (non-hydrogen) atoms. The Kier molecular flexibility index (Phi) is 6.83. The molecule has 0 saturated carbocycles. The molecule has 2 fully saturated rings. The molecule has 2 aromatic carbocycles. The highest BCUT2D eigenvalue weighted by atomic mass is 19.1. The zero-order valence-electron chi connectivity index (χ0n) is 21.1. The van der Waals surface area contributed by atoms with Crippen molar-refractivity contribution in [2.45, 2.75) is 31.4 Å². The Morgan fingerprint density at radius 3 is 2.59 bits per heavy atom. The number of likely N-dealkylation sites (N-methyl/N-ethyl adjacent to an activating group) is 1. The molecule has 0 bridgehead atoms. The van der Waals surface area contributed by atoms with E-state index < -0.39 is 23.4 Å². The van der Waals surface area contributed by atoms with Gasteiger partial charge < -0.3 is 20.1 Å². The molecular formula is C28H31FN4O4. The summed E-state index contributed by atoms with van der Waals surface area (Å²) in [6, 6.07) is 11.6. The van der Waals surface area contributed by atoms with Gasteiger partial charge in [-0.3, -0.25) is 19.5 Å². The van der Waals surface area contributed by atoms with Gasteiger partial charge in [-0.1, -0.05) is 24.3 Å². The van der Waals surface area contributed by atoms with Crippen LogP contribution < -0.4 is 10.5 Å². The van der Waals surface area contributed by atoms with Crippen molar-refractivity contribution < 1.29 is 23.5 Å². The number of morpholine rings is 1. The predicted molar refractivity (Wildman–Crippen MR) is 137 cm³/mol. The largest absolute Gasteiger partial charge is 0.495 e. The third-order valence-electron chi connectivity index (χ3n) is 7.58. The second-order valence-corrected chi connectivity index (χ2v) is 9.74. The average molecular weight is 507 g/mol. The maximum atomic E-state index is 15.5. The summed E-state index contributed by atoms with van der Waals surface area (Å²) in [5, 5.41) is 0.922. The summed E-state index contributed by atoms with van der Waals surface area (Å²) in [5.74, 6) is -0.417. The zero-order valence-corrected chi connectivity index (χ0v) is 21.1. The van der Waals surface area contributed by atoms with Crippen molar-refractivity contribution in [2.24, 2.45) is 5.73 Å². The number of ether oxygens (including phenoxy) is 2. The van der Waals surface area contributed by atoms with E-state index in [2.05, 4.69) is 4.98 Å². The fourth-order valence-electron chi connectivity index (χ4n) is 5.42. The Morgan fingerprint density at radius 1 is 1.19 bits per heavy atom. The lowest BCUT2D eigenvalue weighted by molar-refractivity contribution is -0.172. The zero-order chi connectivity index (χ0) is 26.2. The predicted octanol–water partition coefficient (Wildman–Crippen LogP) is 3.29. The van der Waals surface area contributed by atoms with Gasteiger partial charge in [-0.2, -0.15) is 0 Å². The molecule has 2 aliphatic heterocycles. The summed E-state index contributed by atoms with van der Waals surface area (Å²) >= 11 is 0. The Morgan fingerprint density at radius 2 is 1.92 bits per heavy atom. The number of halogens is 1. The molecule has 9 heteroatoms. The van der Waals surface area contributed by atoms with Gasteiger partial charge in [-0.25, -0.2) is 4.39 Å². The summed E-state index contributed by atoms with van der Waals surface area (Å²) < 4.78 is 26.7. The highest BCUT2D eigenvalue weighted by Gasteiger charge is 2.44. The number of likely N-dealkylation sites (tertiary alicyclic amines) is 1. The highest BCUT2D eigenvalue weighted by molar-refractivity contribution is 5.85. The smallest absolute Gasteiger partial charge is 0.248 e. The van der Waals surface area contributed by atoms with E-state index in [4.69, 9.17) is 15.2 Å². The highest BCUT2D eigenvalue weighted by Crippen LogP contribution is 2.36. The van der Waals surface area contributed by atoms with E-state index in [9.17, 15) is 9.59 Å². The molecule has 1 aromatic heterocycles. The van der Waals surface area contributed by atoms with Crippen molar-refractivity contribution in [1.29, 1.82) is 0 Å². The third-order valence-corrected chi connectivity index (χ3v) is 7.58. The molecule has 5 rings (SSSR count). The van der Waals surface area contributed by atoms with Crippen LogP contribution in [-0.4, -0.2) is 72.1 Å². The first-order valence-corrected chi connectivity index (χ1v) is 12.5. The normalized spacial score (nSPS) is 18.8. The van der Waals surface area contributed by atoms with Crippen LogP contribution in [0.25, 0.3) is 22.0 Å². The number of nitrogens with zero attached hydrogens (tertiary/aromatic N) is 3. The topological polar surface area (TPSA) is 98.0 Å². The number of carbonyl (C=O) groups is 2. The number of primary amides is 1. The number of methoxy groups -OCH3 is 1. The number of hydrogen-bond acceptors (Lipinski definition) is 6. The van der Waals surface area contributed by atoms with E-state index in [0.717, 1.165) is 16.5 Å². The van der Waals surface area contributed by atoms with E-state index in [1.807, 2.05) is 41.0 Å². The molecule has 8 nitrogen and oxygen atoms in total. The monoisotopic (exact) mass is 506 g/mol. The molecule has 3 heterocycles. The van der Waals surface area contributed by atoms with Crippen molar-refractivity contribution in [2.75, 3.05) is 39.9 Å². The van der Waals surface area contributed by atoms with Gasteiger partial charge in [-0.15, -0.1) is 0 Å². The molecule has 2 saturated heterocycles. The minimum Gasteiger partial charge on any atom is -0.495 e. The van der Waals surface area contributed by atoms with Crippen molar-refractivity contribution in [3.8, 4) is 16.9 Å². The van der Waals surface area contributed by atoms with Crippen LogP contribution in [0, 0.1) is 5.82 Å². The number of hydrogen-bond donors (Lipinski definition) is 1. The van der Waals surface area contributed by atoms with E-state index in [-0.39, 0.29) is 18.1 Å². The average Bonchev–Trinajstić information content (AvgIpc) is 2.91. The Hall–Kier alpha value is -3.56. The van der Waals surface area contributed by atoms with E-state index >= 15 is 4.39 Å². The van der Waals surface area contributed by atoms with Crippen LogP contribution in [0.3, 0.4) is 0 Å². The Balaban J connectivity index is 1.35. The molecule has 2 N–H and O–H groups in total. The van der Waals surface area contributed by atoms with Crippen LogP contribution in [0.2, 0.25) is 0 Å². The van der Waals surface area contributed by atoms with Gasteiger partial charge in [0.1, 0.15) is 24.2 Å². The number of rotatable bonds is 6. The SMILES string of the molecule is CCN1CC2(CCN(C(C(N)=O)c3ccc(-c4ccc5cc(OC)cnc5c4)cc3F)CC2)OCC1=O. The van der Waals surface area contributed by atoms with Gasteiger partial charge in [0.25, 0.3) is 0 Å². The van der Waals surface area contributed by atoms with Crippen molar-refractivity contribution in [1.82, 2.24) is 14.8 Å². The van der Waals surface area contributed by atoms with Gasteiger partial charge in [0, 0.05) is 37.1 Å². The van der Waals surface area contributed by atoms with Gasteiger partial charge in [0.2, 0.25) is 11.8 Å². The van der Waals surface area contributed by atoms with Gasteiger partial charge in [0.05, 0.1) is 24.4 Å². The number of fused-ring (bicyclic) bond motifs is 1. The molecule has 2 amide bonds. The fourth-order valence-corrected chi connectivity index (χ4v) is 5.42. The lowest BCUT2D eigenvalue weighted by atomic mass is 9.87. The second-order valence-electron chi connectivity index (χ2n) is 9.74. The summed E-state index contributed by atoms with van der Waals surface area (Å²) in [4.78, 5) is 32.7. The lowest BCUT2D eigenvalue weighted by Gasteiger charge is -2.48. The van der Waals surface area contributed by atoms with Crippen LogP contribution in [0.1, 0.15) is 31.4 Å². The summed E-state index contributed by atoms with van der Waals surface area (Å²) in [7, 11) is 1.59. The molecule has 2 aliphatic rings. The molecule has 1 spiro atoms. The first-order valence-electron chi connectivity index (χ1n) is 12.5. The summed E-state index contributed by atoms with van der Waals surface area (Å²) in [6.07, 6.45) is 2.91. The molecule has 1 unspecified atom stereocenters. The van der Waals surface area contributed by atoms with Gasteiger partial charge in [0.15, 0.2) is 0 Å². The summed E-state index contributed by atoms with van der Waals surface area (Å²) in [5.41, 5.74) is 7.88. The minimum atomic E-state index is -0.885. The second kappa shape index (κ2) is 10.1. The number of carbonyl (C=O) groups excluding carboxylic acids is 2. The maximum Gasteiger partial charge on any atom is 0.248 e. The number of nitrogens with two attached hydrogens (primary N) is 1. The number of piperidine rings is 1. The van der Waals surface area contributed by atoms with Crippen LogP contribution in [0.15, 0.2) is 48.7 Å². The summed E-state index contributed by atoms with van der Waals surface area (Å²) in [6.45, 7) is 4.22. The maximum absolute atomic E-state index is 15.5. The number of aromatic nitrogens is 1. The molecular weight excluding hydrogens is 475 g/mol. The van der Waals surface area contributed by atoms with Crippen LogP contribution in [0.4, 0.5) is 4.39 Å². The van der Waals surface area contributed by atoms with E-state index in [0.29, 0.717) is 50.3 Å². The molecule has 1 atom stereocenters. The van der Waals surface area contributed by atoms with Crippen molar-refractivity contribution in [3.05, 3.63) is 60.0 Å².